The monoisotopic (exact) mass is 356 g/mol. The molecule has 108 valence electrons. The topological polar surface area (TPSA) is 103 Å². The number of hydrogen-bond acceptors (Lipinski definition) is 5. The van der Waals surface area contributed by atoms with Crippen LogP contribution in [0, 0.1) is 15.9 Å². The molecule has 0 spiro atoms. The highest BCUT2D eigenvalue weighted by molar-refractivity contribution is 9.10. The molecule has 0 aliphatic heterocycles. The van der Waals surface area contributed by atoms with Gasteiger partial charge in [-0.25, -0.2) is 14.2 Å². The predicted molar refractivity (Wildman–Crippen MR) is 72.0 cm³/mol. The van der Waals surface area contributed by atoms with Crippen LogP contribution in [-0.2, 0) is 0 Å². The van der Waals surface area contributed by atoms with Crippen molar-refractivity contribution in [2.45, 2.75) is 0 Å². The van der Waals surface area contributed by atoms with Gasteiger partial charge in [-0.1, -0.05) is 0 Å². The third-order valence-corrected chi connectivity index (χ3v) is 3.00. The maximum atomic E-state index is 13.4. The summed E-state index contributed by atoms with van der Waals surface area (Å²) in [5.74, 6) is -2.68. The lowest BCUT2D eigenvalue weighted by Gasteiger charge is -2.09. The van der Waals surface area contributed by atoms with Crippen molar-refractivity contribution in [3.63, 3.8) is 0 Å². The number of nitro benzene ring substituents is 1. The summed E-state index contributed by atoms with van der Waals surface area (Å²) in [6.07, 6.45) is 1.24. The number of ether oxygens (including phenoxy) is 1. The van der Waals surface area contributed by atoms with Crippen LogP contribution >= 0.6 is 15.9 Å². The Kier molecular flexibility index (Phi) is 4.13. The predicted octanol–water partition coefficient (Wildman–Crippen LogP) is 3.38. The van der Waals surface area contributed by atoms with E-state index >= 15 is 0 Å². The van der Waals surface area contributed by atoms with Gasteiger partial charge < -0.3 is 9.84 Å². The van der Waals surface area contributed by atoms with Gasteiger partial charge in [-0.2, -0.15) is 0 Å². The standard InChI is InChI=1S/C12H6BrFN2O5/c13-6-4-10(8(16(19)20)5-7(6)14)21-9-2-1-3-15-11(9)12(17)18/h1-5H,(H,17,18). The lowest BCUT2D eigenvalue weighted by Crippen LogP contribution is -2.03. The quantitative estimate of drug-likeness (QED) is 0.665. The summed E-state index contributed by atoms with van der Waals surface area (Å²) in [5, 5.41) is 19.9. The number of carboxylic acids is 1. The van der Waals surface area contributed by atoms with E-state index in [2.05, 4.69) is 20.9 Å². The molecule has 0 saturated heterocycles. The van der Waals surface area contributed by atoms with Crippen molar-refractivity contribution < 1.29 is 24.0 Å². The molecule has 0 amide bonds. The molecule has 2 rings (SSSR count). The summed E-state index contributed by atoms with van der Waals surface area (Å²) in [5.41, 5.74) is -1.04. The lowest BCUT2D eigenvalue weighted by atomic mass is 10.2. The fourth-order valence-electron chi connectivity index (χ4n) is 1.49. The van der Waals surface area contributed by atoms with Gasteiger partial charge >= 0.3 is 11.7 Å². The molecule has 1 heterocycles. The number of nitro groups is 1. The first kappa shape index (κ1) is 14.9. The number of nitrogens with zero attached hydrogens (tertiary/aromatic N) is 2. The number of aromatic nitrogens is 1. The molecule has 21 heavy (non-hydrogen) atoms. The van der Waals surface area contributed by atoms with Crippen LogP contribution < -0.4 is 4.74 Å². The van der Waals surface area contributed by atoms with E-state index in [1.165, 1.54) is 18.3 Å². The van der Waals surface area contributed by atoms with Gasteiger partial charge in [0.1, 0.15) is 5.82 Å². The van der Waals surface area contributed by atoms with E-state index in [0.717, 1.165) is 6.07 Å². The number of rotatable bonds is 4. The van der Waals surface area contributed by atoms with Crippen LogP contribution in [0.1, 0.15) is 10.5 Å². The molecule has 0 saturated carbocycles. The average molecular weight is 357 g/mol. The number of halogens is 2. The highest BCUT2D eigenvalue weighted by Gasteiger charge is 2.22. The first-order chi connectivity index (χ1) is 9.90. The summed E-state index contributed by atoms with van der Waals surface area (Å²) in [4.78, 5) is 24.7. The SMILES string of the molecule is O=C(O)c1ncccc1Oc1cc(Br)c(F)cc1[N+](=O)[O-]. The highest BCUT2D eigenvalue weighted by Crippen LogP contribution is 2.36. The molecule has 0 atom stereocenters. The van der Waals surface area contributed by atoms with Crippen LogP contribution in [0.5, 0.6) is 11.5 Å². The van der Waals surface area contributed by atoms with E-state index in [1.54, 1.807) is 0 Å². The van der Waals surface area contributed by atoms with E-state index in [9.17, 15) is 19.3 Å². The summed E-state index contributed by atoms with van der Waals surface area (Å²) in [6.45, 7) is 0. The average Bonchev–Trinajstić information content (AvgIpc) is 2.42. The fraction of sp³-hybridized carbons (Fsp3) is 0. The van der Waals surface area contributed by atoms with Crippen molar-refractivity contribution in [1.29, 1.82) is 0 Å². The summed E-state index contributed by atoms with van der Waals surface area (Å²) >= 11 is 2.88. The van der Waals surface area contributed by atoms with E-state index in [1.807, 2.05) is 0 Å². The zero-order valence-electron chi connectivity index (χ0n) is 10.1. The van der Waals surface area contributed by atoms with E-state index < -0.39 is 28.1 Å². The maximum absolute atomic E-state index is 13.4. The molecule has 0 aliphatic rings. The van der Waals surface area contributed by atoms with Crippen molar-refractivity contribution in [3.05, 3.63) is 56.6 Å². The summed E-state index contributed by atoms with van der Waals surface area (Å²) < 4.78 is 18.5. The van der Waals surface area contributed by atoms with Crippen molar-refractivity contribution in [1.82, 2.24) is 4.98 Å². The van der Waals surface area contributed by atoms with Crippen LogP contribution in [0.2, 0.25) is 0 Å². The van der Waals surface area contributed by atoms with E-state index in [-0.39, 0.29) is 16.0 Å². The van der Waals surface area contributed by atoms with Gasteiger partial charge in [0.25, 0.3) is 0 Å². The Labute approximate surface area is 125 Å². The third-order valence-electron chi connectivity index (χ3n) is 2.39. The smallest absolute Gasteiger partial charge is 0.358 e. The van der Waals surface area contributed by atoms with E-state index in [0.29, 0.717) is 6.07 Å². The van der Waals surface area contributed by atoms with Gasteiger partial charge in [0.05, 0.1) is 15.5 Å². The van der Waals surface area contributed by atoms with Gasteiger partial charge in [-0.05, 0) is 28.1 Å². The molecule has 2 aromatic rings. The summed E-state index contributed by atoms with van der Waals surface area (Å²) in [6, 6.07) is 4.42. The minimum atomic E-state index is -1.35. The summed E-state index contributed by atoms with van der Waals surface area (Å²) in [7, 11) is 0. The van der Waals surface area contributed by atoms with Crippen LogP contribution in [0.3, 0.4) is 0 Å². The zero-order chi connectivity index (χ0) is 15.6. The van der Waals surface area contributed by atoms with Crippen molar-refractivity contribution in [2.24, 2.45) is 0 Å². The van der Waals surface area contributed by atoms with E-state index in [4.69, 9.17) is 9.84 Å². The Morgan fingerprint density at radius 1 is 1.43 bits per heavy atom. The van der Waals surface area contributed by atoms with Gasteiger partial charge in [0.2, 0.25) is 5.75 Å². The fourth-order valence-corrected chi connectivity index (χ4v) is 1.82. The third kappa shape index (κ3) is 3.14. The molecule has 0 unspecified atom stereocenters. The molecular weight excluding hydrogens is 351 g/mol. The molecule has 1 aromatic carbocycles. The van der Waals surface area contributed by atoms with Gasteiger partial charge in [-0.3, -0.25) is 10.1 Å². The molecule has 9 heteroatoms. The Hall–Kier alpha value is -2.55. The highest BCUT2D eigenvalue weighted by atomic mass is 79.9. The second-order valence-corrected chi connectivity index (χ2v) is 4.60. The van der Waals surface area contributed by atoms with Crippen LogP contribution in [0.4, 0.5) is 10.1 Å². The normalized spacial score (nSPS) is 10.2. The molecule has 1 N–H and O–H groups in total. The number of carboxylic acid groups (broad SMARTS) is 1. The number of pyridine rings is 1. The minimum absolute atomic E-state index is 0.0520. The van der Waals surface area contributed by atoms with Crippen molar-refractivity contribution >= 4 is 27.6 Å². The minimum Gasteiger partial charge on any atom is -0.476 e. The molecule has 0 fully saturated rings. The van der Waals surface area contributed by atoms with Gasteiger partial charge in [0, 0.05) is 12.3 Å². The largest absolute Gasteiger partial charge is 0.476 e. The number of aromatic carboxylic acids is 1. The Bertz CT molecular complexity index is 738. The first-order valence-corrected chi connectivity index (χ1v) is 6.19. The number of carbonyl (C=O) groups is 1. The molecule has 0 aliphatic carbocycles. The van der Waals surface area contributed by atoms with Gasteiger partial charge in [-0.15, -0.1) is 0 Å². The second-order valence-electron chi connectivity index (χ2n) is 3.75. The maximum Gasteiger partial charge on any atom is 0.358 e. The molecular formula is C12H6BrFN2O5. The second kappa shape index (κ2) is 5.83. The molecule has 0 radical (unpaired) electrons. The van der Waals surface area contributed by atoms with Gasteiger partial charge in [0.15, 0.2) is 11.4 Å². The number of benzene rings is 1. The zero-order valence-corrected chi connectivity index (χ0v) is 11.7. The van der Waals surface area contributed by atoms with Crippen molar-refractivity contribution in [2.75, 3.05) is 0 Å². The molecule has 7 nitrogen and oxygen atoms in total. The Balaban J connectivity index is 2.52. The Morgan fingerprint density at radius 2 is 2.14 bits per heavy atom. The van der Waals surface area contributed by atoms with Crippen LogP contribution in [-0.4, -0.2) is 21.0 Å². The number of hydrogen-bond donors (Lipinski definition) is 1. The van der Waals surface area contributed by atoms with Crippen LogP contribution in [0.15, 0.2) is 34.9 Å². The Morgan fingerprint density at radius 3 is 2.76 bits per heavy atom. The van der Waals surface area contributed by atoms with Crippen molar-refractivity contribution in [3.8, 4) is 11.5 Å². The van der Waals surface area contributed by atoms with Crippen LogP contribution in [0.25, 0.3) is 0 Å². The first-order valence-electron chi connectivity index (χ1n) is 5.39. The molecule has 1 aromatic heterocycles. The lowest BCUT2D eigenvalue weighted by molar-refractivity contribution is -0.385. The molecule has 0 bridgehead atoms.